The van der Waals surface area contributed by atoms with Gasteiger partial charge in [0.15, 0.2) is 0 Å². The summed E-state index contributed by atoms with van der Waals surface area (Å²) in [5.74, 6) is 0.724. The number of aryl methyl sites for hydroxylation is 1. The summed E-state index contributed by atoms with van der Waals surface area (Å²) in [5.41, 5.74) is 2.14. The first-order valence-electron chi connectivity index (χ1n) is 10.3. The van der Waals surface area contributed by atoms with Gasteiger partial charge in [0.1, 0.15) is 11.6 Å². The minimum atomic E-state index is -0.248. The van der Waals surface area contributed by atoms with Gasteiger partial charge in [0.2, 0.25) is 5.91 Å². The van der Waals surface area contributed by atoms with E-state index in [4.69, 9.17) is 4.74 Å². The third-order valence-corrected chi connectivity index (χ3v) is 5.33. The number of hydrogen-bond donors (Lipinski definition) is 1. The molecule has 2 aromatic carbocycles. The van der Waals surface area contributed by atoms with Gasteiger partial charge in [-0.05, 0) is 49.2 Å². The fourth-order valence-electron chi connectivity index (χ4n) is 3.63. The van der Waals surface area contributed by atoms with Gasteiger partial charge in [0, 0.05) is 39.1 Å². The van der Waals surface area contributed by atoms with E-state index in [0.29, 0.717) is 19.4 Å². The summed E-state index contributed by atoms with van der Waals surface area (Å²) in [4.78, 5) is 16.8. The highest BCUT2D eigenvalue weighted by atomic mass is 19.1. The third kappa shape index (κ3) is 6.46. The van der Waals surface area contributed by atoms with Crippen molar-refractivity contribution in [2.24, 2.45) is 0 Å². The third-order valence-electron chi connectivity index (χ3n) is 5.33. The molecule has 0 spiro atoms. The number of nitrogens with one attached hydrogen (secondary N) is 1. The SMILES string of the molecule is COc1ccccc1N1CCN(CCCNC(=O)CCc2ccc(F)cc2)CC1. The van der Waals surface area contributed by atoms with Gasteiger partial charge in [-0.2, -0.15) is 0 Å². The number of rotatable bonds is 9. The molecule has 156 valence electrons. The largest absolute Gasteiger partial charge is 0.495 e. The molecule has 3 rings (SSSR count). The fraction of sp³-hybridized carbons (Fsp3) is 0.435. The highest BCUT2D eigenvalue weighted by Gasteiger charge is 2.19. The monoisotopic (exact) mass is 399 g/mol. The summed E-state index contributed by atoms with van der Waals surface area (Å²) < 4.78 is 18.4. The molecular weight excluding hydrogens is 369 g/mol. The minimum absolute atomic E-state index is 0.0512. The molecule has 0 atom stereocenters. The summed E-state index contributed by atoms with van der Waals surface area (Å²) >= 11 is 0. The maximum absolute atomic E-state index is 12.9. The lowest BCUT2D eigenvalue weighted by Gasteiger charge is -2.36. The molecule has 2 aromatic rings. The number of methoxy groups -OCH3 is 1. The molecule has 5 nitrogen and oxygen atoms in total. The van der Waals surface area contributed by atoms with Crippen molar-refractivity contribution in [3.63, 3.8) is 0 Å². The average molecular weight is 400 g/mol. The Balaban J connectivity index is 1.29. The lowest BCUT2D eigenvalue weighted by Crippen LogP contribution is -2.47. The predicted octanol–water partition coefficient (Wildman–Crippen LogP) is 3.10. The number of para-hydroxylation sites is 2. The summed E-state index contributed by atoms with van der Waals surface area (Å²) in [7, 11) is 1.71. The Morgan fingerprint density at radius 2 is 1.79 bits per heavy atom. The van der Waals surface area contributed by atoms with Gasteiger partial charge >= 0.3 is 0 Å². The maximum Gasteiger partial charge on any atom is 0.220 e. The number of carbonyl (C=O) groups is 1. The Kier molecular flexibility index (Phi) is 7.87. The number of benzene rings is 2. The summed E-state index contributed by atoms with van der Waals surface area (Å²) in [6.07, 6.45) is 2.01. The Labute approximate surface area is 172 Å². The normalized spacial score (nSPS) is 14.6. The molecule has 0 saturated carbocycles. The minimum Gasteiger partial charge on any atom is -0.495 e. The van der Waals surface area contributed by atoms with Crippen molar-refractivity contribution in [2.75, 3.05) is 51.3 Å². The number of nitrogens with zero attached hydrogens (tertiary/aromatic N) is 2. The molecule has 0 aromatic heterocycles. The second-order valence-electron chi connectivity index (χ2n) is 7.33. The van der Waals surface area contributed by atoms with Crippen LogP contribution >= 0.6 is 0 Å². The molecule has 0 aliphatic carbocycles. The van der Waals surface area contributed by atoms with Gasteiger partial charge in [-0.15, -0.1) is 0 Å². The van der Waals surface area contributed by atoms with E-state index in [1.165, 1.54) is 12.1 Å². The second-order valence-corrected chi connectivity index (χ2v) is 7.33. The van der Waals surface area contributed by atoms with Crippen molar-refractivity contribution in [3.05, 3.63) is 59.9 Å². The van der Waals surface area contributed by atoms with E-state index >= 15 is 0 Å². The fourth-order valence-corrected chi connectivity index (χ4v) is 3.63. The van der Waals surface area contributed by atoms with Crippen LogP contribution in [0.4, 0.5) is 10.1 Å². The van der Waals surface area contributed by atoms with Gasteiger partial charge in [-0.1, -0.05) is 24.3 Å². The quantitative estimate of drug-likeness (QED) is 0.658. The van der Waals surface area contributed by atoms with E-state index in [9.17, 15) is 9.18 Å². The molecule has 1 N–H and O–H groups in total. The number of halogens is 1. The number of anilines is 1. The Morgan fingerprint density at radius 1 is 1.07 bits per heavy atom. The van der Waals surface area contributed by atoms with E-state index in [0.717, 1.165) is 56.1 Å². The topological polar surface area (TPSA) is 44.8 Å². The van der Waals surface area contributed by atoms with Crippen LogP contribution < -0.4 is 15.0 Å². The Bertz CT molecular complexity index is 774. The molecule has 1 fully saturated rings. The zero-order valence-corrected chi connectivity index (χ0v) is 17.1. The van der Waals surface area contributed by atoms with E-state index < -0.39 is 0 Å². The lowest BCUT2D eigenvalue weighted by atomic mass is 10.1. The molecule has 0 unspecified atom stereocenters. The zero-order valence-electron chi connectivity index (χ0n) is 17.1. The van der Waals surface area contributed by atoms with Crippen LogP contribution in [-0.4, -0.2) is 57.2 Å². The van der Waals surface area contributed by atoms with E-state index in [2.05, 4.69) is 21.2 Å². The number of hydrogen-bond acceptors (Lipinski definition) is 4. The van der Waals surface area contributed by atoms with Crippen LogP contribution in [-0.2, 0) is 11.2 Å². The van der Waals surface area contributed by atoms with Gasteiger partial charge in [-0.25, -0.2) is 4.39 Å². The molecule has 1 amide bonds. The Hall–Kier alpha value is -2.60. The van der Waals surface area contributed by atoms with E-state index in [1.54, 1.807) is 19.2 Å². The van der Waals surface area contributed by atoms with Crippen LogP contribution in [0.25, 0.3) is 0 Å². The summed E-state index contributed by atoms with van der Waals surface area (Å²) in [6.45, 7) is 5.65. The van der Waals surface area contributed by atoms with Gasteiger partial charge in [-0.3, -0.25) is 9.69 Å². The first-order valence-corrected chi connectivity index (χ1v) is 10.3. The van der Waals surface area contributed by atoms with Crippen molar-refractivity contribution in [1.82, 2.24) is 10.2 Å². The zero-order chi connectivity index (χ0) is 20.5. The number of piperazine rings is 1. The van der Waals surface area contributed by atoms with Crippen LogP contribution in [0.2, 0.25) is 0 Å². The van der Waals surface area contributed by atoms with E-state index in [-0.39, 0.29) is 11.7 Å². The predicted molar refractivity (Wildman–Crippen MR) is 114 cm³/mol. The second kappa shape index (κ2) is 10.8. The van der Waals surface area contributed by atoms with Crippen LogP contribution in [0.3, 0.4) is 0 Å². The standard InChI is InChI=1S/C23H30FN3O2/c1-29-22-6-3-2-5-21(22)27-17-15-26(16-18-27)14-4-13-25-23(28)12-9-19-7-10-20(24)11-8-19/h2-3,5-8,10-11H,4,9,12-18H2,1H3,(H,25,28). The molecule has 1 saturated heterocycles. The number of ether oxygens (including phenoxy) is 1. The average Bonchev–Trinajstić information content (AvgIpc) is 2.77. The molecule has 6 heteroatoms. The van der Waals surface area contributed by atoms with Crippen LogP contribution in [0.1, 0.15) is 18.4 Å². The molecule has 1 heterocycles. The highest BCUT2D eigenvalue weighted by Crippen LogP contribution is 2.28. The molecule has 29 heavy (non-hydrogen) atoms. The van der Waals surface area contributed by atoms with Gasteiger partial charge in [0.25, 0.3) is 0 Å². The van der Waals surface area contributed by atoms with Crippen molar-refractivity contribution in [1.29, 1.82) is 0 Å². The van der Waals surface area contributed by atoms with Crippen LogP contribution in [0.5, 0.6) is 5.75 Å². The highest BCUT2D eigenvalue weighted by molar-refractivity contribution is 5.76. The lowest BCUT2D eigenvalue weighted by molar-refractivity contribution is -0.121. The van der Waals surface area contributed by atoms with Crippen LogP contribution in [0, 0.1) is 5.82 Å². The summed E-state index contributed by atoms with van der Waals surface area (Å²) in [5, 5.41) is 2.99. The molecule has 1 aliphatic heterocycles. The van der Waals surface area contributed by atoms with E-state index in [1.807, 2.05) is 18.2 Å². The first kappa shape index (κ1) is 21.1. The van der Waals surface area contributed by atoms with Crippen molar-refractivity contribution in [3.8, 4) is 5.75 Å². The van der Waals surface area contributed by atoms with Crippen molar-refractivity contribution >= 4 is 11.6 Å². The molecule has 1 aliphatic rings. The first-order chi connectivity index (χ1) is 14.2. The molecular formula is C23H30FN3O2. The summed E-state index contributed by atoms with van der Waals surface area (Å²) in [6, 6.07) is 14.5. The smallest absolute Gasteiger partial charge is 0.220 e. The van der Waals surface area contributed by atoms with Crippen molar-refractivity contribution < 1.29 is 13.9 Å². The number of amides is 1. The van der Waals surface area contributed by atoms with Gasteiger partial charge in [0.05, 0.1) is 12.8 Å². The maximum atomic E-state index is 12.9. The number of carbonyl (C=O) groups excluding carboxylic acids is 1. The van der Waals surface area contributed by atoms with Gasteiger partial charge < -0.3 is 15.0 Å². The molecule has 0 bridgehead atoms. The van der Waals surface area contributed by atoms with Crippen LogP contribution in [0.15, 0.2) is 48.5 Å². The molecule has 0 radical (unpaired) electrons. The van der Waals surface area contributed by atoms with Crippen molar-refractivity contribution in [2.45, 2.75) is 19.3 Å². The Morgan fingerprint density at radius 3 is 2.52 bits per heavy atom.